The second-order valence-electron chi connectivity index (χ2n) is 10.4. The predicted octanol–water partition coefficient (Wildman–Crippen LogP) is 5.07. The van der Waals surface area contributed by atoms with Crippen LogP contribution in [0.3, 0.4) is 0 Å². The molecule has 1 aliphatic heterocycles. The Balaban J connectivity index is 1.84. The van der Waals surface area contributed by atoms with E-state index in [2.05, 4.69) is 38.7 Å². The molecular formula is C30H45N3O3. The Morgan fingerprint density at radius 1 is 1.36 bits per heavy atom. The number of nitrogens with one attached hydrogen (secondary N) is 1. The van der Waals surface area contributed by atoms with E-state index in [0.717, 1.165) is 72.6 Å². The topological polar surface area (TPSA) is 87.8 Å². The Morgan fingerprint density at radius 3 is 2.67 bits per heavy atom. The van der Waals surface area contributed by atoms with Gasteiger partial charge in [0.1, 0.15) is 17.7 Å². The van der Waals surface area contributed by atoms with Crippen molar-refractivity contribution in [2.24, 2.45) is 23.5 Å². The third-order valence-corrected chi connectivity index (χ3v) is 7.89. The summed E-state index contributed by atoms with van der Waals surface area (Å²) in [5, 5.41) is 13.5. The fourth-order valence-electron chi connectivity index (χ4n) is 5.53. The van der Waals surface area contributed by atoms with Crippen molar-refractivity contribution in [3.63, 3.8) is 0 Å². The molecule has 0 bridgehead atoms. The van der Waals surface area contributed by atoms with E-state index in [-0.39, 0.29) is 17.7 Å². The number of rotatable bonds is 9. The molecule has 3 rings (SSSR count). The maximum Gasteiger partial charge on any atom is 0.249 e. The van der Waals surface area contributed by atoms with Gasteiger partial charge in [0.25, 0.3) is 0 Å². The molecule has 36 heavy (non-hydrogen) atoms. The van der Waals surface area contributed by atoms with Crippen molar-refractivity contribution >= 4 is 5.91 Å². The maximum absolute atomic E-state index is 13.0. The van der Waals surface area contributed by atoms with Crippen molar-refractivity contribution < 1.29 is 14.6 Å². The number of hydrogen-bond donors (Lipinski definition) is 3. The lowest BCUT2D eigenvalue weighted by molar-refractivity contribution is -0.126. The molecule has 0 aromatic rings. The molecule has 1 fully saturated rings. The summed E-state index contributed by atoms with van der Waals surface area (Å²) < 4.78 is 6.42. The Hall–Kier alpha value is -2.57. The highest BCUT2D eigenvalue weighted by Crippen LogP contribution is 2.47. The number of hydrogen-bond acceptors (Lipinski definition) is 5. The smallest absolute Gasteiger partial charge is 0.249 e. The van der Waals surface area contributed by atoms with E-state index in [1.807, 2.05) is 30.9 Å². The monoisotopic (exact) mass is 495 g/mol. The molecule has 4 N–H and O–H groups in total. The minimum Gasteiger partial charge on any atom is -0.462 e. The number of aliphatic hydroxyl groups is 1. The molecule has 3 aliphatic rings. The molecule has 4 unspecified atom stereocenters. The highest BCUT2D eigenvalue weighted by Gasteiger charge is 2.39. The zero-order valence-electron chi connectivity index (χ0n) is 23.0. The molecule has 0 aromatic carbocycles. The Bertz CT molecular complexity index is 1030. The van der Waals surface area contributed by atoms with E-state index >= 15 is 0 Å². The zero-order chi connectivity index (χ0) is 26.6. The number of likely N-dealkylation sites (tertiary alicyclic amines) is 1. The highest BCUT2D eigenvalue weighted by molar-refractivity contribution is 5.94. The summed E-state index contributed by atoms with van der Waals surface area (Å²) in [5.74, 6) is 2.43. The Labute approximate surface area is 217 Å². The van der Waals surface area contributed by atoms with Crippen LogP contribution in [0, 0.1) is 17.8 Å². The van der Waals surface area contributed by atoms with Gasteiger partial charge in [-0.25, -0.2) is 0 Å². The van der Waals surface area contributed by atoms with E-state index in [1.54, 1.807) is 7.05 Å². The van der Waals surface area contributed by atoms with E-state index < -0.39 is 6.23 Å². The molecule has 2 aliphatic carbocycles. The summed E-state index contributed by atoms with van der Waals surface area (Å²) in [5.41, 5.74) is 12.0. The molecule has 0 aromatic heterocycles. The zero-order valence-corrected chi connectivity index (χ0v) is 23.0. The number of nitrogens with zero attached hydrogens (tertiary/aromatic N) is 1. The van der Waals surface area contributed by atoms with Gasteiger partial charge in [0, 0.05) is 42.3 Å². The van der Waals surface area contributed by atoms with Crippen LogP contribution in [0.4, 0.5) is 0 Å². The van der Waals surface area contributed by atoms with E-state index in [0.29, 0.717) is 18.0 Å². The Kier molecular flexibility index (Phi) is 9.42. The van der Waals surface area contributed by atoms with Gasteiger partial charge >= 0.3 is 0 Å². The standard InChI is InChI=1S/C30H45N3O3/c1-8-10-27(21(6)26(31)15-22(9-2)30(35)33-14-13-18(3)17-33)36-23-11-12-24-25(16-23)19(4)20(5)28(24)29(34)32-7/h10,15-16,18,20,28-29,32,34H,4,8-9,11-14,17,31H2,1-3,5-7H3/b22-15+,26-21-,27-10+. The van der Waals surface area contributed by atoms with Gasteiger partial charge in [-0.1, -0.05) is 39.8 Å². The molecule has 198 valence electrons. The summed E-state index contributed by atoms with van der Waals surface area (Å²) >= 11 is 0. The minimum atomic E-state index is -0.591. The van der Waals surface area contributed by atoms with Crippen molar-refractivity contribution in [3.8, 4) is 0 Å². The average molecular weight is 496 g/mol. The number of carbonyl (C=O) groups excluding carboxylic acids is 1. The third kappa shape index (κ3) is 5.87. The van der Waals surface area contributed by atoms with Gasteiger partial charge in [-0.2, -0.15) is 0 Å². The van der Waals surface area contributed by atoms with Gasteiger partial charge in [-0.15, -0.1) is 0 Å². The summed E-state index contributed by atoms with van der Waals surface area (Å²) in [6, 6.07) is 0. The number of nitrogens with two attached hydrogens (primary N) is 1. The number of ether oxygens (including phenoxy) is 1. The molecule has 0 saturated carbocycles. The van der Waals surface area contributed by atoms with Gasteiger partial charge in [0.05, 0.1) is 0 Å². The number of amides is 1. The highest BCUT2D eigenvalue weighted by atomic mass is 16.5. The van der Waals surface area contributed by atoms with Crippen LogP contribution in [0.25, 0.3) is 0 Å². The van der Waals surface area contributed by atoms with Crippen LogP contribution in [-0.4, -0.2) is 42.3 Å². The van der Waals surface area contributed by atoms with Crippen LogP contribution in [-0.2, 0) is 9.53 Å². The molecular weight excluding hydrogens is 450 g/mol. The lowest BCUT2D eigenvalue weighted by Crippen LogP contribution is -2.36. The lowest BCUT2D eigenvalue weighted by atomic mass is 9.87. The van der Waals surface area contributed by atoms with Crippen molar-refractivity contribution in [2.45, 2.75) is 73.0 Å². The first kappa shape index (κ1) is 28.0. The normalized spacial score (nSPS) is 26.6. The molecule has 6 heteroatoms. The van der Waals surface area contributed by atoms with Crippen LogP contribution in [0.15, 0.2) is 69.9 Å². The van der Waals surface area contributed by atoms with Gasteiger partial charge in [0.2, 0.25) is 5.91 Å². The van der Waals surface area contributed by atoms with E-state index in [9.17, 15) is 9.90 Å². The van der Waals surface area contributed by atoms with E-state index in [4.69, 9.17) is 10.5 Å². The van der Waals surface area contributed by atoms with E-state index in [1.165, 1.54) is 5.57 Å². The van der Waals surface area contributed by atoms with Crippen LogP contribution in [0.2, 0.25) is 0 Å². The molecule has 0 spiro atoms. The van der Waals surface area contributed by atoms with Crippen molar-refractivity contribution in [3.05, 3.63) is 69.9 Å². The predicted molar refractivity (Wildman–Crippen MR) is 146 cm³/mol. The van der Waals surface area contributed by atoms with Crippen LogP contribution >= 0.6 is 0 Å². The quantitative estimate of drug-likeness (QED) is 0.180. The fourth-order valence-corrected chi connectivity index (χ4v) is 5.53. The molecule has 1 amide bonds. The van der Waals surface area contributed by atoms with Gasteiger partial charge in [0.15, 0.2) is 0 Å². The molecule has 1 saturated heterocycles. The second-order valence-corrected chi connectivity index (χ2v) is 10.4. The van der Waals surface area contributed by atoms with Gasteiger partial charge in [-0.05, 0) is 80.9 Å². The van der Waals surface area contributed by atoms with Crippen LogP contribution in [0.1, 0.15) is 66.7 Å². The van der Waals surface area contributed by atoms with Crippen molar-refractivity contribution in [1.82, 2.24) is 10.2 Å². The Morgan fingerprint density at radius 2 is 2.08 bits per heavy atom. The average Bonchev–Trinajstić information content (AvgIpc) is 3.41. The summed E-state index contributed by atoms with van der Waals surface area (Å²) in [7, 11) is 1.78. The molecule has 1 heterocycles. The minimum absolute atomic E-state index is 0.0342. The van der Waals surface area contributed by atoms with Gasteiger partial charge in [-0.3, -0.25) is 10.1 Å². The number of aliphatic hydroxyl groups excluding tert-OH is 1. The first-order chi connectivity index (χ1) is 17.1. The second kappa shape index (κ2) is 12.1. The van der Waals surface area contributed by atoms with Crippen molar-refractivity contribution in [2.75, 3.05) is 20.1 Å². The SMILES string of the molecule is C=C1C2=C(CCC(OC(=C/CC)/C(C)=C(N)/C=C(\CC)C(=O)N3CCC(C)C3)=C2)C(C(O)NC)C1C. The van der Waals surface area contributed by atoms with Crippen LogP contribution < -0.4 is 11.1 Å². The first-order valence-electron chi connectivity index (χ1n) is 13.4. The lowest BCUT2D eigenvalue weighted by Gasteiger charge is -2.26. The molecule has 4 atom stereocenters. The summed E-state index contributed by atoms with van der Waals surface area (Å²) in [6.45, 7) is 16.3. The van der Waals surface area contributed by atoms with Crippen molar-refractivity contribution in [1.29, 1.82) is 0 Å². The number of allylic oxidation sites excluding steroid dienone is 7. The largest absolute Gasteiger partial charge is 0.462 e. The maximum atomic E-state index is 13.0. The van der Waals surface area contributed by atoms with Gasteiger partial charge < -0.3 is 20.5 Å². The summed E-state index contributed by atoms with van der Waals surface area (Å²) in [4.78, 5) is 15.0. The van der Waals surface area contributed by atoms with Crippen LogP contribution in [0.5, 0.6) is 0 Å². The summed E-state index contributed by atoms with van der Waals surface area (Å²) in [6.07, 6.45) is 9.42. The molecule has 0 radical (unpaired) electrons. The fraction of sp³-hybridized carbons (Fsp3) is 0.567. The number of carbonyl (C=O) groups is 1. The molecule has 6 nitrogen and oxygen atoms in total. The first-order valence-corrected chi connectivity index (χ1v) is 13.4. The third-order valence-electron chi connectivity index (χ3n) is 7.89.